The fourth-order valence-corrected chi connectivity index (χ4v) is 5.13. The molecule has 6 heteroatoms. The normalized spacial score (nSPS) is 34.2. The molecule has 0 aromatic rings. The van der Waals surface area contributed by atoms with Crippen molar-refractivity contribution in [2.45, 2.75) is 51.7 Å². The predicted molar refractivity (Wildman–Crippen MR) is 115 cm³/mol. The molecule has 0 amide bonds. The fourth-order valence-electron chi connectivity index (χ4n) is 4.84. The zero-order chi connectivity index (χ0) is 19.2. The van der Waals surface area contributed by atoms with Crippen LogP contribution in [0.15, 0.2) is 12.2 Å². The van der Waals surface area contributed by atoms with Gasteiger partial charge in [0.2, 0.25) is 0 Å². The van der Waals surface area contributed by atoms with E-state index in [2.05, 4.69) is 55.8 Å². The van der Waals surface area contributed by atoms with E-state index in [1.54, 1.807) is 6.08 Å². The van der Waals surface area contributed by atoms with Crippen LogP contribution in [0.1, 0.15) is 39.5 Å². The smallest absolute Gasteiger partial charge is 0.155 e. The Labute approximate surface area is 169 Å². The van der Waals surface area contributed by atoms with Crippen LogP contribution in [-0.2, 0) is 4.79 Å². The third kappa shape index (κ3) is 5.51. The Morgan fingerprint density at radius 2 is 2.04 bits per heavy atom. The van der Waals surface area contributed by atoms with Crippen LogP contribution in [-0.4, -0.2) is 54.2 Å². The van der Waals surface area contributed by atoms with Crippen LogP contribution < -0.4 is 10.6 Å². The Morgan fingerprint density at radius 1 is 1.31 bits per heavy atom. The van der Waals surface area contributed by atoms with Crippen molar-refractivity contribution in [1.82, 2.24) is 10.6 Å². The molecule has 4 nitrogen and oxygen atoms in total. The van der Waals surface area contributed by atoms with Gasteiger partial charge in [-0.05, 0) is 49.6 Å². The van der Waals surface area contributed by atoms with Gasteiger partial charge >= 0.3 is 0 Å². The molecule has 0 aromatic heterocycles. The Kier molecular flexibility index (Phi) is 9.01. The Hall–Kier alpha value is -0.0100. The van der Waals surface area contributed by atoms with Gasteiger partial charge in [0.25, 0.3) is 0 Å². The van der Waals surface area contributed by atoms with E-state index < -0.39 is 0 Å². The van der Waals surface area contributed by atoms with Crippen LogP contribution in [0.25, 0.3) is 0 Å². The molecule has 0 radical (unpaired) electrons. The van der Waals surface area contributed by atoms with Crippen molar-refractivity contribution >= 4 is 31.0 Å². The van der Waals surface area contributed by atoms with E-state index in [4.69, 9.17) is 0 Å². The Balaban J connectivity index is 2.27. The van der Waals surface area contributed by atoms with E-state index in [9.17, 15) is 9.90 Å². The predicted octanol–water partition coefficient (Wildman–Crippen LogP) is 2.34. The highest BCUT2D eigenvalue weighted by molar-refractivity contribution is 7.80. The second-order valence-corrected chi connectivity index (χ2v) is 9.11. The maximum absolute atomic E-state index is 11.7. The van der Waals surface area contributed by atoms with E-state index >= 15 is 0 Å². The molecule has 1 saturated carbocycles. The monoisotopic (exact) mass is 400 g/mol. The van der Waals surface area contributed by atoms with Crippen LogP contribution in [0, 0.1) is 23.2 Å². The van der Waals surface area contributed by atoms with Crippen molar-refractivity contribution in [3.63, 3.8) is 0 Å². The molecule has 2 aliphatic carbocycles. The number of carbonyl (C=O) groups excluding carboxylic acids is 1. The van der Waals surface area contributed by atoms with Crippen LogP contribution in [0.5, 0.6) is 0 Å². The van der Waals surface area contributed by atoms with Gasteiger partial charge in [-0.15, -0.1) is 0 Å². The summed E-state index contributed by atoms with van der Waals surface area (Å²) in [7, 11) is 0. The van der Waals surface area contributed by atoms with Gasteiger partial charge in [0, 0.05) is 42.5 Å². The molecule has 1 unspecified atom stereocenters. The minimum atomic E-state index is -0.200. The molecular weight excluding hydrogens is 364 g/mol. The topological polar surface area (TPSA) is 61.4 Å². The number of ketones is 1. The van der Waals surface area contributed by atoms with Crippen molar-refractivity contribution in [3.8, 4) is 0 Å². The summed E-state index contributed by atoms with van der Waals surface area (Å²) in [5.74, 6) is 2.99. The standard InChI is InChI=1S/C20H36N2O2S2/c1-14-16(3-4-18(14)24)17(13-21-9-11-25)19(22-10-12-26)20(2)7-5-15(23)6-8-20/h5,7,14,16-19,21-22,24-26H,3-4,6,8-13H2,1-2H3/t14-,16?,17-,18+,19+,20-/m1/s1. The van der Waals surface area contributed by atoms with Gasteiger partial charge < -0.3 is 15.7 Å². The highest BCUT2D eigenvalue weighted by atomic mass is 32.1. The molecule has 0 aliphatic heterocycles. The minimum Gasteiger partial charge on any atom is -0.393 e. The van der Waals surface area contributed by atoms with Gasteiger partial charge in [0.15, 0.2) is 5.78 Å². The van der Waals surface area contributed by atoms with Gasteiger partial charge in [-0.3, -0.25) is 4.79 Å². The molecule has 2 aliphatic rings. The van der Waals surface area contributed by atoms with E-state index in [-0.39, 0.29) is 23.3 Å². The quantitative estimate of drug-likeness (QED) is 0.289. The van der Waals surface area contributed by atoms with Gasteiger partial charge in [0.05, 0.1) is 6.10 Å². The number of aliphatic hydroxyl groups is 1. The summed E-state index contributed by atoms with van der Waals surface area (Å²) in [6, 6.07) is 0.254. The van der Waals surface area contributed by atoms with Crippen molar-refractivity contribution in [2.75, 3.05) is 31.1 Å². The van der Waals surface area contributed by atoms with Crippen LogP contribution in [0.2, 0.25) is 0 Å². The summed E-state index contributed by atoms with van der Waals surface area (Å²) in [6.07, 6.45) is 7.13. The summed E-state index contributed by atoms with van der Waals surface area (Å²) >= 11 is 8.72. The lowest BCUT2D eigenvalue weighted by Gasteiger charge is -2.45. The highest BCUT2D eigenvalue weighted by Gasteiger charge is 2.45. The number of hydrogen-bond acceptors (Lipinski definition) is 6. The lowest BCUT2D eigenvalue weighted by Crippen LogP contribution is -2.54. The van der Waals surface area contributed by atoms with Gasteiger partial charge in [0.1, 0.15) is 0 Å². The number of aliphatic hydroxyl groups excluding tert-OH is 1. The summed E-state index contributed by atoms with van der Waals surface area (Å²) in [4.78, 5) is 11.7. The van der Waals surface area contributed by atoms with E-state index in [1.807, 2.05) is 0 Å². The molecule has 0 saturated heterocycles. The summed E-state index contributed by atoms with van der Waals surface area (Å²) in [5.41, 5.74) is -0.0581. The number of carbonyl (C=O) groups is 1. The molecule has 6 atom stereocenters. The lowest BCUT2D eigenvalue weighted by atomic mass is 9.65. The number of allylic oxidation sites excluding steroid dienone is 1. The maximum Gasteiger partial charge on any atom is 0.155 e. The first-order valence-electron chi connectivity index (χ1n) is 9.99. The zero-order valence-corrected chi connectivity index (χ0v) is 17.9. The number of nitrogens with one attached hydrogen (secondary N) is 2. The zero-order valence-electron chi connectivity index (χ0n) is 16.2. The van der Waals surface area contributed by atoms with E-state index in [1.165, 1.54) is 0 Å². The molecule has 150 valence electrons. The van der Waals surface area contributed by atoms with Crippen molar-refractivity contribution < 1.29 is 9.90 Å². The SMILES string of the molecule is C[C@@H]1C([C@@H](CNCCS)[C@H](NCCS)[C@]2(C)C=CC(=O)CC2)CC[C@@H]1O. The van der Waals surface area contributed by atoms with Crippen LogP contribution in [0.3, 0.4) is 0 Å². The third-order valence-electron chi connectivity index (χ3n) is 6.47. The number of thiol groups is 2. The first kappa shape index (κ1) is 22.3. The van der Waals surface area contributed by atoms with Crippen LogP contribution >= 0.6 is 25.3 Å². The molecule has 3 N–H and O–H groups in total. The second-order valence-electron chi connectivity index (χ2n) is 8.22. The van der Waals surface area contributed by atoms with Crippen molar-refractivity contribution in [2.24, 2.45) is 23.2 Å². The first-order chi connectivity index (χ1) is 12.4. The summed E-state index contributed by atoms with van der Waals surface area (Å²) in [6.45, 7) is 7.09. The minimum absolute atomic E-state index is 0.0581. The second kappa shape index (κ2) is 10.5. The maximum atomic E-state index is 11.7. The number of rotatable bonds is 10. The molecule has 26 heavy (non-hydrogen) atoms. The largest absolute Gasteiger partial charge is 0.393 e. The number of hydrogen-bond donors (Lipinski definition) is 5. The molecule has 0 aromatic carbocycles. The summed E-state index contributed by atoms with van der Waals surface area (Å²) in [5, 5.41) is 17.6. The van der Waals surface area contributed by atoms with Crippen LogP contribution in [0.4, 0.5) is 0 Å². The van der Waals surface area contributed by atoms with Crippen molar-refractivity contribution in [1.29, 1.82) is 0 Å². The Bertz CT molecular complexity index is 488. The molecular formula is C20H36N2O2S2. The average Bonchev–Trinajstić information content (AvgIpc) is 2.95. The molecule has 2 rings (SSSR count). The van der Waals surface area contributed by atoms with E-state index in [0.29, 0.717) is 24.2 Å². The first-order valence-corrected chi connectivity index (χ1v) is 11.3. The van der Waals surface area contributed by atoms with Crippen molar-refractivity contribution in [3.05, 3.63) is 12.2 Å². The third-order valence-corrected chi connectivity index (χ3v) is 6.92. The molecule has 0 heterocycles. The Morgan fingerprint density at radius 3 is 2.58 bits per heavy atom. The van der Waals surface area contributed by atoms with Gasteiger partial charge in [-0.2, -0.15) is 25.3 Å². The summed E-state index contributed by atoms with van der Waals surface area (Å²) < 4.78 is 0. The average molecular weight is 401 g/mol. The lowest BCUT2D eigenvalue weighted by molar-refractivity contribution is -0.115. The van der Waals surface area contributed by atoms with E-state index in [0.717, 1.165) is 50.4 Å². The molecule has 1 fully saturated rings. The van der Waals surface area contributed by atoms with Gasteiger partial charge in [-0.25, -0.2) is 0 Å². The fraction of sp³-hybridized carbons (Fsp3) is 0.850. The highest BCUT2D eigenvalue weighted by Crippen LogP contribution is 2.44. The van der Waals surface area contributed by atoms with Gasteiger partial charge in [-0.1, -0.05) is 19.9 Å². The molecule has 0 spiro atoms. The molecule has 0 bridgehead atoms.